The van der Waals surface area contributed by atoms with E-state index in [1.807, 2.05) is 12.1 Å². The van der Waals surface area contributed by atoms with Gasteiger partial charge in [0.25, 0.3) is 0 Å². The van der Waals surface area contributed by atoms with Gasteiger partial charge in [0.2, 0.25) is 0 Å². The van der Waals surface area contributed by atoms with Gasteiger partial charge < -0.3 is 10.1 Å². The number of ether oxygens (including phenoxy) is 1. The zero-order valence-corrected chi connectivity index (χ0v) is 12.7. The smallest absolute Gasteiger partial charge is 0.120 e. The lowest BCUT2D eigenvalue weighted by atomic mass is 10.2. The summed E-state index contributed by atoms with van der Waals surface area (Å²) in [4.78, 5) is 0. The summed E-state index contributed by atoms with van der Waals surface area (Å²) in [5, 5.41) is 3.41. The Balaban J connectivity index is 2.57. The van der Waals surface area contributed by atoms with Crippen LogP contribution in [0.1, 0.15) is 32.8 Å². The van der Waals surface area contributed by atoms with Crippen molar-refractivity contribution in [3.8, 4) is 5.75 Å². The van der Waals surface area contributed by atoms with Crippen LogP contribution in [-0.4, -0.2) is 18.7 Å². The number of hydrogen-bond acceptors (Lipinski definition) is 2. The van der Waals surface area contributed by atoms with E-state index in [1.54, 1.807) is 0 Å². The second kappa shape index (κ2) is 7.02. The molecular formula is C14H22BrNO. The van der Waals surface area contributed by atoms with Crippen LogP contribution in [-0.2, 0) is 0 Å². The highest BCUT2D eigenvalue weighted by Crippen LogP contribution is 2.22. The Bertz CT molecular complexity index is 352. The van der Waals surface area contributed by atoms with Crippen LogP contribution in [0.5, 0.6) is 5.75 Å². The fraction of sp³-hybridized carbons (Fsp3) is 0.571. The predicted octanol–water partition coefficient (Wildman–Crippen LogP) is 3.91. The van der Waals surface area contributed by atoms with Crippen LogP contribution in [0.15, 0.2) is 22.7 Å². The number of hydrogen-bond donors (Lipinski definition) is 1. The number of halogens is 1. The Kier molecular flexibility index (Phi) is 6.00. The third kappa shape index (κ3) is 5.09. The molecule has 1 aromatic carbocycles. The molecule has 0 spiro atoms. The molecule has 0 saturated heterocycles. The topological polar surface area (TPSA) is 21.3 Å². The van der Waals surface area contributed by atoms with E-state index >= 15 is 0 Å². The van der Waals surface area contributed by atoms with E-state index in [-0.39, 0.29) is 6.10 Å². The number of benzene rings is 1. The first-order valence-corrected chi connectivity index (χ1v) is 6.98. The van der Waals surface area contributed by atoms with Crippen molar-refractivity contribution in [3.63, 3.8) is 0 Å². The minimum Gasteiger partial charge on any atom is -0.489 e. The molecule has 1 aromatic rings. The Hall–Kier alpha value is -0.540. The molecule has 0 amide bonds. The van der Waals surface area contributed by atoms with Gasteiger partial charge in [-0.25, -0.2) is 0 Å². The Labute approximate surface area is 113 Å². The minimum atomic E-state index is 0.234. The number of rotatable bonds is 6. The van der Waals surface area contributed by atoms with Gasteiger partial charge in [0, 0.05) is 17.1 Å². The molecule has 0 heterocycles. The summed E-state index contributed by atoms with van der Waals surface area (Å²) < 4.78 is 7.09. The van der Waals surface area contributed by atoms with Crippen molar-refractivity contribution in [2.45, 2.75) is 46.3 Å². The molecule has 17 heavy (non-hydrogen) atoms. The third-order valence-corrected chi connectivity index (χ3v) is 3.53. The molecular weight excluding hydrogens is 278 g/mol. The summed E-state index contributed by atoms with van der Waals surface area (Å²) in [5.41, 5.74) is 1.20. The number of aryl methyl sites for hydroxylation is 1. The summed E-state index contributed by atoms with van der Waals surface area (Å²) in [6.45, 7) is 9.42. The van der Waals surface area contributed by atoms with Crippen molar-refractivity contribution in [1.82, 2.24) is 5.32 Å². The summed E-state index contributed by atoms with van der Waals surface area (Å²) in [6.07, 6.45) is 1.24. The summed E-state index contributed by atoms with van der Waals surface area (Å²) >= 11 is 3.49. The molecule has 96 valence electrons. The van der Waals surface area contributed by atoms with Gasteiger partial charge in [-0.15, -0.1) is 0 Å². The SMILES string of the molecule is CCC(CNC(C)C)Oc1ccc(Br)c(C)c1. The van der Waals surface area contributed by atoms with Crippen LogP contribution >= 0.6 is 15.9 Å². The van der Waals surface area contributed by atoms with Crippen molar-refractivity contribution >= 4 is 15.9 Å². The van der Waals surface area contributed by atoms with Crippen LogP contribution in [0.2, 0.25) is 0 Å². The van der Waals surface area contributed by atoms with E-state index in [0.717, 1.165) is 23.2 Å². The fourth-order valence-corrected chi connectivity index (χ4v) is 1.77. The molecule has 0 aromatic heterocycles. The maximum Gasteiger partial charge on any atom is 0.120 e. The molecule has 0 saturated carbocycles. The average Bonchev–Trinajstić information content (AvgIpc) is 2.28. The van der Waals surface area contributed by atoms with E-state index < -0.39 is 0 Å². The van der Waals surface area contributed by atoms with E-state index in [9.17, 15) is 0 Å². The molecule has 1 N–H and O–H groups in total. The van der Waals surface area contributed by atoms with Crippen molar-refractivity contribution in [2.24, 2.45) is 0 Å². The minimum absolute atomic E-state index is 0.234. The fourth-order valence-electron chi connectivity index (χ4n) is 1.52. The Morgan fingerprint density at radius 3 is 2.59 bits per heavy atom. The lowest BCUT2D eigenvalue weighted by Crippen LogP contribution is -2.34. The van der Waals surface area contributed by atoms with Crippen LogP contribution in [0.4, 0.5) is 0 Å². The van der Waals surface area contributed by atoms with Crippen LogP contribution in [0.3, 0.4) is 0 Å². The van der Waals surface area contributed by atoms with E-state index in [1.165, 1.54) is 5.56 Å². The lowest BCUT2D eigenvalue weighted by Gasteiger charge is -2.20. The van der Waals surface area contributed by atoms with Crippen molar-refractivity contribution in [1.29, 1.82) is 0 Å². The highest BCUT2D eigenvalue weighted by atomic mass is 79.9. The molecule has 3 heteroatoms. The second-order valence-corrected chi connectivity index (χ2v) is 5.48. The van der Waals surface area contributed by atoms with Crippen LogP contribution in [0.25, 0.3) is 0 Å². The Morgan fingerprint density at radius 1 is 1.35 bits per heavy atom. The van der Waals surface area contributed by atoms with E-state index in [0.29, 0.717) is 6.04 Å². The first kappa shape index (κ1) is 14.5. The molecule has 0 aliphatic heterocycles. The highest BCUT2D eigenvalue weighted by Gasteiger charge is 2.09. The quantitative estimate of drug-likeness (QED) is 0.860. The van der Waals surface area contributed by atoms with Gasteiger partial charge in [0.05, 0.1) is 0 Å². The summed E-state index contributed by atoms with van der Waals surface area (Å²) in [5.74, 6) is 0.947. The molecule has 1 atom stereocenters. The molecule has 1 unspecified atom stereocenters. The van der Waals surface area contributed by atoms with Crippen molar-refractivity contribution in [2.75, 3.05) is 6.54 Å². The van der Waals surface area contributed by atoms with Gasteiger partial charge in [-0.3, -0.25) is 0 Å². The molecule has 2 nitrogen and oxygen atoms in total. The van der Waals surface area contributed by atoms with Crippen LogP contribution < -0.4 is 10.1 Å². The first-order chi connectivity index (χ1) is 8.02. The van der Waals surface area contributed by atoms with Gasteiger partial charge in [0.1, 0.15) is 11.9 Å². The standard InChI is InChI=1S/C14H22BrNO/c1-5-12(9-16-10(2)3)17-13-6-7-14(15)11(4)8-13/h6-8,10,12,16H,5,9H2,1-4H3. The van der Waals surface area contributed by atoms with Crippen molar-refractivity contribution in [3.05, 3.63) is 28.2 Å². The first-order valence-electron chi connectivity index (χ1n) is 6.19. The average molecular weight is 300 g/mol. The predicted molar refractivity (Wildman–Crippen MR) is 76.7 cm³/mol. The Morgan fingerprint density at radius 2 is 2.06 bits per heavy atom. The normalized spacial score (nSPS) is 12.8. The maximum absolute atomic E-state index is 5.97. The van der Waals surface area contributed by atoms with Crippen molar-refractivity contribution < 1.29 is 4.74 Å². The zero-order chi connectivity index (χ0) is 12.8. The molecule has 0 aliphatic rings. The van der Waals surface area contributed by atoms with Gasteiger partial charge in [-0.2, -0.15) is 0 Å². The monoisotopic (exact) mass is 299 g/mol. The van der Waals surface area contributed by atoms with E-state index in [4.69, 9.17) is 4.74 Å². The molecule has 0 aliphatic carbocycles. The van der Waals surface area contributed by atoms with E-state index in [2.05, 4.69) is 55.0 Å². The van der Waals surface area contributed by atoms with Gasteiger partial charge in [0.15, 0.2) is 0 Å². The highest BCUT2D eigenvalue weighted by molar-refractivity contribution is 9.10. The zero-order valence-electron chi connectivity index (χ0n) is 11.1. The third-order valence-electron chi connectivity index (χ3n) is 2.64. The van der Waals surface area contributed by atoms with Crippen LogP contribution in [0, 0.1) is 6.92 Å². The summed E-state index contributed by atoms with van der Waals surface area (Å²) in [7, 11) is 0. The maximum atomic E-state index is 5.97. The second-order valence-electron chi connectivity index (χ2n) is 4.62. The molecule has 0 bridgehead atoms. The number of nitrogens with one attached hydrogen (secondary N) is 1. The van der Waals surface area contributed by atoms with Gasteiger partial charge in [-0.05, 0) is 37.1 Å². The summed E-state index contributed by atoms with van der Waals surface area (Å²) in [6, 6.07) is 6.61. The largest absolute Gasteiger partial charge is 0.489 e. The van der Waals surface area contributed by atoms with Gasteiger partial charge >= 0.3 is 0 Å². The van der Waals surface area contributed by atoms with Gasteiger partial charge in [-0.1, -0.05) is 36.7 Å². The molecule has 1 rings (SSSR count). The molecule has 0 fully saturated rings. The lowest BCUT2D eigenvalue weighted by molar-refractivity contribution is 0.190. The molecule has 0 radical (unpaired) electrons.